The lowest BCUT2D eigenvalue weighted by atomic mass is 10.2. The summed E-state index contributed by atoms with van der Waals surface area (Å²) in [6.45, 7) is 3.85. The Balaban J connectivity index is 1.61. The standard InChI is InChI=1S/C20H21N3O5/c1-12-18(13(2)23(3)22-12)21-19(24)17-10-9-16(28-17)11-27-15-7-5-14(6-8-15)20(25)26-4/h5-10H,11H2,1-4H3,(H,21,24). The van der Waals surface area contributed by atoms with Crippen LogP contribution in [0.15, 0.2) is 40.8 Å². The molecule has 0 atom stereocenters. The highest BCUT2D eigenvalue weighted by Gasteiger charge is 2.17. The number of aromatic nitrogens is 2. The van der Waals surface area contributed by atoms with Gasteiger partial charge in [0, 0.05) is 7.05 Å². The van der Waals surface area contributed by atoms with Gasteiger partial charge in [-0.05, 0) is 50.2 Å². The number of nitrogens with one attached hydrogen (secondary N) is 1. The molecule has 0 unspecified atom stereocenters. The van der Waals surface area contributed by atoms with Crippen molar-refractivity contribution in [2.75, 3.05) is 12.4 Å². The van der Waals surface area contributed by atoms with E-state index in [0.717, 1.165) is 11.4 Å². The monoisotopic (exact) mass is 383 g/mol. The number of anilines is 1. The summed E-state index contributed by atoms with van der Waals surface area (Å²) in [4.78, 5) is 23.8. The number of amides is 1. The fourth-order valence-electron chi connectivity index (χ4n) is 2.67. The van der Waals surface area contributed by atoms with Crippen LogP contribution in [-0.4, -0.2) is 28.8 Å². The third kappa shape index (κ3) is 4.06. The van der Waals surface area contributed by atoms with Crippen LogP contribution in [0.25, 0.3) is 0 Å². The Morgan fingerprint density at radius 1 is 1.14 bits per heavy atom. The van der Waals surface area contributed by atoms with Crippen molar-refractivity contribution < 1.29 is 23.5 Å². The first-order valence-corrected chi connectivity index (χ1v) is 8.60. The van der Waals surface area contributed by atoms with Crippen LogP contribution in [0.1, 0.15) is 38.1 Å². The zero-order chi connectivity index (χ0) is 20.3. The van der Waals surface area contributed by atoms with Crippen molar-refractivity contribution in [1.29, 1.82) is 0 Å². The fraction of sp³-hybridized carbons (Fsp3) is 0.250. The van der Waals surface area contributed by atoms with E-state index in [-0.39, 0.29) is 18.3 Å². The van der Waals surface area contributed by atoms with Crippen LogP contribution in [-0.2, 0) is 18.4 Å². The van der Waals surface area contributed by atoms with Crippen LogP contribution >= 0.6 is 0 Å². The Bertz CT molecular complexity index is 1000. The van der Waals surface area contributed by atoms with Gasteiger partial charge in [0.05, 0.1) is 29.7 Å². The van der Waals surface area contributed by atoms with Gasteiger partial charge in [0.25, 0.3) is 5.91 Å². The average molecular weight is 383 g/mol. The summed E-state index contributed by atoms with van der Waals surface area (Å²) in [5, 5.41) is 7.09. The molecule has 8 nitrogen and oxygen atoms in total. The highest BCUT2D eigenvalue weighted by molar-refractivity contribution is 6.02. The smallest absolute Gasteiger partial charge is 0.337 e. The molecular weight excluding hydrogens is 362 g/mol. The lowest BCUT2D eigenvalue weighted by Crippen LogP contribution is -2.12. The maximum Gasteiger partial charge on any atom is 0.337 e. The molecule has 0 saturated carbocycles. The van der Waals surface area contributed by atoms with E-state index in [1.54, 1.807) is 41.1 Å². The molecular formula is C20H21N3O5. The Labute approximate surface area is 162 Å². The van der Waals surface area contributed by atoms with Crippen LogP contribution in [0, 0.1) is 13.8 Å². The molecule has 2 aromatic heterocycles. The molecule has 0 aliphatic heterocycles. The summed E-state index contributed by atoms with van der Waals surface area (Å²) in [5.74, 6) is 0.487. The van der Waals surface area contributed by atoms with Crippen LogP contribution in [0.5, 0.6) is 5.75 Å². The van der Waals surface area contributed by atoms with E-state index in [9.17, 15) is 9.59 Å². The lowest BCUT2D eigenvalue weighted by Gasteiger charge is -2.05. The number of hydrogen-bond acceptors (Lipinski definition) is 6. The minimum atomic E-state index is -0.410. The number of hydrogen-bond donors (Lipinski definition) is 1. The molecule has 8 heteroatoms. The molecule has 3 aromatic rings. The molecule has 0 fully saturated rings. The molecule has 28 heavy (non-hydrogen) atoms. The molecule has 0 aliphatic carbocycles. The van der Waals surface area contributed by atoms with Gasteiger partial charge < -0.3 is 19.2 Å². The van der Waals surface area contributed by atoms with Gasteiger partial charge in [0.1, 0.15) is 18.1 Å². The van der Waals surface area contributed by atoms with Gasteiger partial charge in [-0.25, -0.2) is 4.79 Å². The van der Waals surface area contributed by atoms with E-state index in [0.29, 0.717) is 22.8 Å². The summed E-state index contributed by atoms with van der Waals surface area (Å²) >= 11 is 0. The first-order chi connectivity index (χ1) is 13.4. The highest BCUT2D eigenvalue weighted by atomic mass is 16.5. The maximum absolute atomic E-state index is 12.4. The van der Waals surface area contributed by atoms with Crippen LogP contribution in [0.3, 0.4) is 0 Å². The van der Waals surface area contributed by atoms with Crippen molar-refractivity contribution >= 4 is 17.6 Å². The molecule has 0 spiro atoms. The van der Waals surface area contributed by atoms with Gasteiger partial charge in [-0.15, -0.1) is 0 Å². The quantitative estimate of drug-likeness (QED) is 0.657. The first-order valence-electron chi connectivity index (χ1n) is 8.60. The molecule has 1 aromatic carbocycles. The van der Waals surface area contributed by atoms with Crippen molar-refractivity contribution in [3.05, 3.63) is 64.9 Å². The number of aryl methyl sites for hydroxylation is 2. The Morgan fingerprint density at radius 2 is 1.86 bits per heavy atom. The summed E-state index contributed by atoms with van der Waals surface area (Å²) in [6.07, 6.45) is 0. The fourth-order valence-corrected chi connectivity index (χ4v) is 2.67. The third-order valence-electron chi connectivity index (χ3n) is 4.29. The molecule has 0 radical (unpaired) electrons. The molecule has 1 N–H and O–H groups in total. The molecule has 0 aliphatic rings. The van der Waals surface area contributed by atoms with Crippen LogP contribution in [0.2, 0.25) is 0 Å². The largest absolute Gasteiger partial charge is 0.486 e. The number of methoxy groups -OCH3 is 1. The number of ether oxygens (including phenoxy) is 2. The predicted molar refractivity (Wildman–Crippen MR) is 101 cm³/mol. The molecule has 2 heterocycles. The molecule has 0 bridgehead atoms. The van der Waals surface area contributed by atoms with Crippen molar-refractivity contribution in [2.45, 2.75) is 20.5 Å². The van der Waals surface area contributed by atoms with Gasteiger partial charge in [-0.2, -0.15) is 5.10 Å². The SMILES string of the molecule is COC(=O)c1ccc(OCc2ccc(C(=O)Nc3c(C)nn(C)c3C)o2)cc1. The minimum Gasteiger partial charge on any atom is -0.486 e. The number of carbonyl (C=O) groups excluding carboxylic acids is 2. The summed E-state index contributed by atoms with van der Waals surface area (Å²) in [5.41, 5.74) is 2.70. The number of rotatable bonds is 6. The van der Waals surface area contributed by atoms with Gasteiger partial charge in [-0.1, -0.05) is 0 Å². The van der Waals surface area contributed by atoms with Gasteiger partial charge in [0.2, 0.25) is 0 Å². The van der Waals surface area contributed by atoms with E-state index < -0.39 is 5.97 Å². The molecule has 0 saturated heterocycles. The topological polar surface area (TPSA) is 95.6 Å². The zero-order valence-electron chi connectivity index (χ0n) is 16.1. The van der Waals surface area contributed by atoms with Gasteiger partial charge in [0.15, 0.2) is 5.76 Å². The maximum atomic E-state index is 12.4. The Morgan fingerprint density at radius 3 is 2.46 bits per heavy atom. The van der Waals surface area contributed by atoms with Gasteiger partial charge in [-0.3, -0.25) is 9.48 Å². The highest BCUT2D eigenvalue weighted by Crippen LogP contribution is 2.20. The molecule has 1 amide bonds. The van der Waals surface area contributed by atoms with E-state index in [2.05, 4.69) is 15.2 Å². The Hall–Kier alpha value is -3.55. The Kier molecular flexibility index (Phi) is 5.49. The van der Waals surface area contributed by atoms with Crippen LogP contribution < -0.4 is 10.1 Å². The normalized spacial score (nSPS) is 10.6. The second-order valence-corrected chi connectivity index (χ2v) is 6.19. The number of furan rings is 1. The first kappa shape index (κ1) is 19.2. The summed E-state index contributed by atoms with van der Waals surface area (Å²) in [6, 6.07) is 9.82. The van der Waals surface area contributed by atoms with Crippen LogP contribution in [0.4, 0.5) is 5.69 Å². The van der Waals surface area contributed by atoms with E-state index in [1.165, 1.54) is 7.11 Å². The third-order valence-corrected chi connectivity index (χ3v) is 4.29. The van der Waals surface area contributed by atoms with E-state index >= 15 is 0 Å². The zero-order valence-corrected chi connectivity index (χ0v) is 16.1. The molecule has 3 rings (SSSR count). The second-order valence-electron chi connectivity index (χ2n) is 6.19. The van der Waals surface area contributed by atoms with Crippen molar-refractivity contribution in [3.8, 4) is 5.75 Å². The number of benzene rings is 1. The molecule has 146 valence electrons. The lowest BCUT2D eigenvalue weighted by molar-refractivity contribution is 0.0600. The van der Waals surface area contributed by atoms with E-state index in [1.807, 2.05) is 20.9 Å². The average Bonchev–Trinajstić information content (AvgIpc) is 3.26. The predicted octanol–water partition coefficient (Wildman–Crippen LogP) is 3.25. The van der Waals surface area contributed by atoms with Crippen molar-refractivity contribution in [2.24, 2.45) is 7.05 Å². The summed E-state index contributed by atoms with van der Waals surface area (Å²) < 4.78 is 17.5. The number of esters is 1. The second kappa shape index (κ2) is 7.99. The minimum absolute atomic E-state index is 0.149. The van der Waals surface area contributed by atoms with Crippen molar-refractivity contribution in [1.82, 2.24) is 9.78 Å². The van der Waals surface area contributed by atoms with Gasteiger partial charge >= 0.3 is 5.97 Å². The summed E-state index contributed by atoms with van der Waals surface area (Å²) in [7, 11) is 3.15. The number of carbonyl (C=O) groups is 2. The van der Waals surface area contributed by atoms with Crippen molar-refractivity contribution in [3.63, 3.8) is 0 Å². The van der Waals surface area contributed by atoms with E-state index in [4.69, 9.17) is 9.15 Å². The number of nitrogens with zero attached hydrogens (tertiary/aromatic N) is 2.